The fraction of sp³-hybridized carbons (Fsp3) is 0.278. The minimum Gasteiger partial charge on any atom is -0.352 e. The normalized spacial score (nSPS) is 11.6. The first-order valence-electron chi connectivity index (χ1n) is 7.76. The molecular weight excluding hydrogens is 304 g/mol. The van der Waals surface area contributed by atoms with Gasteiger partial charge in [-0.15, -0.1) is 0 Å². The number of pyridine rings is 1. The summed E-state index contributed by atoms with van der Waals surface area (Å²) in [5.41, 5.74) is 7.91. The summed E-state index contributed by atoms with van der Waals surface area (Å²) in [6, 6.07) is 10.7. The Labute approximate surface area is 141 Å². The number of benzene rings is 1. The Morgan fingerprint density at radius 2 is 1.79 bits per heavy atom. The maximum absolute atomic E-state index is 12.4. The average Bonchev–Trinajstić information content (AvgIpc) is 2.59. The van der Waals surface area contributed by atoms with E-state index in [1.54, 1.807) is 43.4 Å². The van der Waals surface area contributed by atoms with Crippen LogP contribution in [0.1, 0.15) is 29.3 Å². The lowest BCUT2D eigenvalue weighted by atomic mass is 10.1. The molecule has 1 heterocycles. The molecule has 6 heteroatoms. The summed E-state index contributed by atoms with van der Waals surface area (Å²) in [5, 5.41) is 2.82. The van der Waals surface area contributed by atoms with Crippen molar-refractivity contribution in [2.24, 2.45) is 5.73 Å². The van der Waals surface area contributed by atoms with Crippen molar-refractivity contribution in [2.75, 3.05) is 11.9 Å². The first-order valence-corrected chi connectivity index (χ1v) is 7.76. The van der Waals surface area contributed by atoms with Gasteiger partial charge in [0.15, 0.2) is 0 Å². The van der Waals surface area contributed by atoms with Crippen molar-refractivity contribution < 1.29 is 9.59 Å². The van der Waals surface area contributed by atoms with Gasteiger partial charge in [-0.3, -0.25) is 14.6 Å². The van der Waals surface area contributed by atoms with Crippen molar-refractivity contribution in [1.29, 1.82) is 0 Å². The van der Waals surface area contributed by atoms with E-state index in [2.05, 4.69) is 10.3 Å². The lowest BCUT2D eigenvalue weighted by Crippen LogP contribution is -2.29. The number of nitrogens with one attached hydrogen (secondary N) is 1. The lowest BCUT2D eigenvalue weighted by molar-refractivity contribution is -0.121. The number of carbonyl (C=O) groups excluding carboxylic acids is 2. The molecule has 126 valence electrons. The number of amides is 2. The highest BCUT2D eigenvalue weighted by Gasteiger charge is 2.13. The molecular formula is C18H22N4O2. The molecule has 0 radical (unpaired) electrons. The Bertz CT molecular complexity index is 684. The van der Waals surface area contributed by atoms with E-state index in [-0.39, 0.29) is 17.9 Å². The predicted molar refractivity (Wildman–Crippen MR) is 93.5 cm³/mol. The van der Waals surface area contributed by atoms with Crippen LogP contribution in [-0.2, 0) is 11.3 Å². The van der Waals surface area contributed by atoms with Gasteiger partial charge in [0.05, 0.1) is 0 Å². The maximum atomic E-state index is 12.4. The summed E-state index contributed by atoms with van der Waals surface area (Å²) in [6.45, 7) is 2.23. The average molecular weight is 326 g/mol. The first-order chi connectivity index (χ1) is 11.5. The summed E-state index contributed by atoms with van der Waals surface area (Å²) >= 11 is 0. The highest BCUT2D eigenvalue weighted by Crippen LogP contribution is 2.16. The van der Waals surface area contributed by atoms with Crippen LogP contribution in [0.4, 0.5) is 5.69 Å². The molecule has 1 aromatic carbocycles. The molecule has 1 atom stereocenters. The van der Waals surface area contributed by atoms with E-state index in [1.165, 1.54) is 0 Å². The van der Waals surface area contributed by atoms with E-state index in [0.29, 0.717) is 18.5 Å². The second-order valence-corrected chi connectivity index (χ2v) is 5.72. The van der Waals surface area contributed by atoms with Crippen LogP contribution in [-0.4, -0.2) is 29.9 Å². The molecule has 0 aliphatic rings. The van der Waals surface area contributed by atoms with Crippen LogP contribution in [0.25, 0.3) is 0 Å². The van der Waals surface area contributed by atoms with Crippen molar-refractivity contribution in [1.82, 2.24) is 10.3 Å². The van der Waals surface area contributed by atoms with Gasteiger partial charge in [0, 0.05) is 49.7 Å². The van der Waals surface area contributed by atoms with Gasteiger partial charge < -0.3 is 16.0 Å². The summed E-state index contributed by atoms with van der Waals surface area (Å²) in [7, 11) is 1.72. The maximum Gasteiger partial charge on any atom is 0.258 e. The topological polar surface area (TPSA) is 88.3 Å². The molecule has 6 nitrogen and oxygen atoms in total. The molecule has 2 rings (SSSR count). The zero-order valence-electron chi connectivity index (χ0n) is 13.9. The van der Waals surface area contributed by atoms with Gasteiger partial charge in [-0.05, 0) is 36.8 Å². The van der Waals surface area contributed by atoms with Crippen LogP contribution in [0.5, 0.6) is 0 Å². The number of aromatic nitrogens is 1. The number of nitrogens with two attached hydrogens (primary N) is 1. The van der Waals surface area contributed by atoms with Crippen molar-refractivity contribution >= 4 is 17.5 Å². The minimum absolute atomic E-state index is 0.0703. The van der Waals surface area contributed by atoms with Crippen molar-refractivity contribution in [2.45, 2.75) is 25.9 Å². The third-order valence-corrected chi connectivity index (χ3v) is 3.55. The zero-order chi connectivity index (χ0) is 17.5. The minimum atomic E-state index is -0.153. The zero-order valence-corrected chi connectivity index (χ0v) is 13.9. The lowest BCUT2D eigenvalue weighted by Gasteiger charge is -2.18. The Morgan fingerprint density at radius 3 is 2.38 bits per heavy atom. The van der Waals surface area contributed by atoms with Crippen LogP contribution in [0.15, 0.2) is 48.8 Å². The SMILES string of the molecule is CC(N)CC(=O)NCc1ccc(N(C)C(=O)c2ccncc2)cc1. The van der Waals surface area contributed by atoms with Gasteiger partial charge in [-0.25, -0.2) is 0 Å². The fourth-order valence-corrected chi connectivity index (χ4v) is 2.21. The van der Waals surface area contributed by atoms with E-state index < -0.39 is 0 Å². The Morgan fingerprint density at radius 1 is 1.17 bits per heavy atom. The van der Waals surface area contributed by atoms with Crippen molar-refractivity contribution in [3.63, 3.8) is 0 Å². The Kier molecular flexibility index (Phi) is 6.03. The quantitative estimate of drug-likeness (QED) is 0.846. The second kappa shape index (κ2) is 8.21. The number of rotatable bonds is 6. The molecule has 0 saturated carbocycles. The number of carbonyl (C=O) groups is 2. The van der Waals surface area contributed by atoms with Gasteiger partial charge in [-0.2, -0.15) is 0 Å². The summed E-state index contributed by atoms with van der Waals surface area (Å²) in [6.07, 6.45) is 3.49. The summed E-state index contributed by atoms with van der Waals surface area (Å²) in [4.78, 5) is 29.5. The summed E-state index contributed by atoms with van der Waals surface area (Å²) < 4.78 is 0. The van der Waals surface area contributed by atoms with Crippen LogP contribution in [0.3, 0.4) is 0 Å². The van der Waals surface area contributed by atoms with Gasteiger partial charge in [0.25, 0.3) is 5.91 Å². The fourth-order valence-electron chi connectivity index (χ4n) is 2.21. The third kappa shape index (κ3) is 4.89. The number of anilines is 1. The number of hydrogen-bond acceptors (Lipinski definition) is 4. The monoisotopic (exact) mass is 326 g/mol. The Balaban J connectivity index is 1.96. The van der Waals surface area contributed by atoms with Crippen LogP contribution in [0.2, 0.25) is 0 Å². The van der Waals surface area contributed by atoms with Crippen LogP contribution >= 0.6 is 0 Å². The van der Waals surface area contributed by atoms with E-state index in [9.17, 15) is 9.59 Å². The van der Waals surface area contributed by atoms with Crippen molar-refractivity contribution in [3.8, 4) is 0 Å². The van der Waals surface area contributed by atoms with Crippen molar-refractivity contribution in [3.05, 3.63) is 59.9 Å². The number of hydrogen-bond donors (Lipinski definition) is 2. The molecule has 0 aliphatic heterocycles. The van der Waals surface area contributed by atoms with Gasteiger partial charge in [-0.1, -0.05) is 12.1 Å². The first kappa shape index (κ1) is 17.6. The molecule has 1 unspecified atom stereocenters. The van der Waals surface area contributed by atoms with Gasteiger partial charge in [0.1, 0.15) is 0 Å². The van der Waals surface area contributed by atoms with E-state index in [0.717, 1.165) is 11.3 Å². The molecule has 1 aromatic heterocycles. The second-order valence-electron chi connectivity index (χ2n) is 5.72. The molecule has 2 aromatic rings. The Hall–Kier alpha value is -2.73. The predicted octanol–water partition coefficient (Wildman–Crippen LogP) is 1.71. The van der Waals surface area contributed by atoms with E-state index in [4.69, 9.17) is 5.73 Å². The standard InChI is InChI=1S/C18H22N4O2/c1-13(19)11-17(23)21-12-14-3-5-16(6-4-14)22(2)18(24)15-7-9-20-10-8-15/h3-10,13H,11-12,19H2,1-2H3,(H,21,23). The van der Waals surface area contributed by atoms with Gasteiger partial charge in [0.2, 0.25) is 5.91 Å². The molecule has 0 aliphatic carbocycles. The van der Waals surface area contributed by atoms with Crippen LogP contribution in [0, 0.1) is 0 Å². The molecule has 0 spiro atoms. The molecule has 3 N–H and O–H groups in total. The highest BCUT2D eigenvalue weighted by molar-refractivity contribution is 6.05. The van der Waals surface area contributed by atoms with Crippen LogP contribution < -0.4 is 16.0 Å². The smallest absolute Gasteiger partial charge is 0.258 e. The third-order valence-electron chi connectivity index (χ3n) is 3.55. The van der Waals surface area contributed by atoms with E-state index >= 15 is 0 Å². The molecule has 0 fully saturated rings. The summed E-state index contributed by atoms with van der Waals surface area (Å²) in [5.74, 6) is -0.172. The molecule has 0 bridgehead atoms. The largest absolute Gasteiger partial charge is 0.352 e. The van der Waals surface area contributed by atoms with Gasteiger partial charge >= 0.3 is 0 Å². The molecule has 2 amide bonds. The highest BCUT2D eigenvalue weighted by atomic mass is 16.2. The molecule has 0 saturated heterocycles. The number of nitrogens with zero attached hydrogens (tertiary/aromatic N) is 2. The van der Waals surface area contributed by atoms with E-state index in [1.807, 2.05) is 24.3 Å². The molecule has 24 heavy (non-hydrogen) atoms.